The Balaban J connectivity index is 1.67. The molecule has 3 atom stereocenters. The van der Waals surface area contributed by atoms with Crippen molar-refractivity contribution in [2.24, 2.45) is 11.8 Å². The molecule has 2 aromatic rings. The lowest BCUT2D eigenvalue weighted by Gasteiger charge is -2.31. The van der Waals surface area contributed by atoms with Crippen molar-refractivity contribution < 1.29 is 27.4 Å². The molecule has 1 aliphatic rings. The van der Waals surface area contributed by atoms with Gasteiger partial charge in [0.05, 0.1) is 18.6 Å². The molecule has 29 heavy (non-hydrogen) atoms. The zero-order valence-electron chi connectivity index (χ0n) is 16.2. The van der Waals surface area contributed by atoms with Gasteiger partial charge in [0, 0.05) is 12.1 Å². The van der Waals surface area contributed by atoms with Crippen molar-refractivity contribution in [1.82, 2.24) is 5.32 Å². The fourth-order valence-electron chi connectivity index (χ4n) is 3.68. The normalized spacial score (nSPS) is 20.1. The lowest BCUT2D eigenvalue weighted by molar-refractivity contribution is -0.153. The summed E-state index contributed by atoms with van der Waals surface area (Å²) in [5.74, 6) is -3.38. The van der Waals surface area contributed by atoms with E-state index in [4.69, 9.17) is 9.47 Å². The quantitative estimate of drug-likeness (QED) is 0.694. The number of benzene rings is 2. The van der Waals surface area contributed by atoms with Gasteiger partial charge < -0.3 is 14.8 Å². The van der Waals surface area contributed by atoms with Gasteiger partial charge >= 0.3 is 5.97 Å². The Bertz CT molecular complexity index is 808. The number of hydrogen-bond acceptors (Lipinski definition) is 4. The van der Waals surface area contributed by atoms with Crippen LogP contribution in [0.2, 0.25) is 0 Å². The first-order valence-electron chi connectivity index (χ1n) is 9.58. The molecule has 2 unspecified atom stereocenters. The number of esters is 1. The van der Waals surface area contributed by atoms with Gasteiger partial charge in [-0.05, 0) is 37.4 Å². The monoisotopic (exact) mass is 407 g/mol. The summed E-state index contributed by atoms with van der Waals surface area (Å²) < 4.78 is 53.5. The van der Waals surface area contributed by atoms with Gasteiger partial charge in [-0.2, -0.15) is 0 Å². The van der Waals surface area contributed by atoms with Crippen LogP contribution in [0.4, 0.5) is 13.2 Å². The highest BCUT2D eigenvalue weighted by Gasteiger charge is 2.35. The van der Waals surface area contributed by atoms with Crippen molar-refractivity contribution in [2.75, 3.05) is 20.2 Å². The number of nitrogens with one attached hydrogen (secondary N) is 1. The van der Waals surface area contributed by atoms with E-state index in [0.29, 0.717) is 19.5 Å². The lowest BCUT2D eigenvalue weighted by atomic mass is 9.82. The van der Waals surface area contributed by atoms with Gasteiger partial charge in [0.1, 0.15) is 30.2 Å². The second-order valence-electron chi connectivity index (χ2n) is 7.16. The molecule has 1 saturated heterocycles. The van der Waals surface area contributed by atoms with Crippen LogP contribution >= 0.6 is 0 Å². The van der Waals surface area contributed by atoms with Crippen LogP contribution in [0.5, 0.6) is 5.75 Å². The van der Waals surface area contributed by atoms with Crippen LogP contribution in [-0.2, 0) is 16.1 Å². The fourth-order valence-corrected chi connectivity index (χ4v) is 3.68. The Morgan fingerprint density at radius 1 is 1.21 bits per heavy atom. The molecule has 0 bridgehead atoms. The number of hydrogen-bond donors (Lipinski definition) is 1. The van der Waals surface area contributed by atoms with E-state index in [1.54, 1.807) is 0 Å². The molecule has 1 aliphatic heterocycles. The summed E-state index contributed by atoms with van der Waals surface area (Å²) in [7, 11) is 1.28. The van der Waals surface area contributed by atoms with Gasteiger partial charge in [-0.1, -0.05) is 30.3 Å². The Morgan fingerprint density at radius 2 is 1.90 bits per heavy atom. The van der Waals surface area contributed by atoms with Crippen molar-refractivity contribution in [2.45, 2.75) is 25.6 Å². The smallest absolute Gasteiger partial charge is 0.309 e. The number of carbonyl (C=O) groups is 1. The molecule has 0 spiro atoms. The van der Waals surface area contributed by atoms with Gasteiger partial charge in [0.2, 0.25) is 0 Å². The fraction of sp³-hybridized carbons (Fsp3) is 0.409. The number of carbonyl (C=O) groups excluding carboxylic acids is 1. The highest BCUT2D eigenvalue weighted by Crippen LogP contribution is 2.36. The molecule has 156 valence electrons. The van der Waals surface area contributed by atoms with E-state index < -0.39 is 41.2 Å². The topological polar surface area (TPSA) is 47.6 Å². The molecule has 0 amide bonds. The molecule has 4 nitrogen and oxygen atoms in total. The third-order valence-corrected chi connectivity index (χ3v) is 5.25. The maximum Gasteiger partial charge on any atom is 0.309 e. The van der Waals surface area contributed by atoms with Crippen LogP contribution in [0, 0.1) is 23.5 Å². The molecule has 0 saturated carbocycles. The molecule has 0 radical (unpaired) electrons. The highest BCUT2D eigenvalue weighted by molar-refractivity contribution is 5.73. The molecular formula is C22H24F3NO3. The van der Waals surface area contributed by atoms with Crippen molar-refractivity contribution in [1.29, 1.82) is 0 Å². The number of rotatable bonds is 7. The highest BCUT2D eigenvalue weighted by atomic mass is 19.2. The molecule has 1 fully saturated rings. The van der Waals surface area contributed by atoms with Crippen LogP contribution in [-0.4, -0.2) is 26.2 Å². The first-order chi connectivity index (χ1) is 14.0. The van der Waals surface area contributed by atoms with Gasteiger partial charge in [-0.15, -0.1) is 0 Å². The van der Waals surface area contributed by atoms with Crippen molar-refractivity contribution in [3.05, 3.63) is 65.2 Å². The molecule has 0 aliphatic carbocycles. The summed E-state index contributed by atoms with van der Waals surface area (Å²) in [6, 6.07) is 11.2. The van der Waals surface area contributed by atoms with E-state index in [1.807, 2.05) is 30.3 Å². The zero-order chi connectivity index (χ0) is 20.8. The second kappa shape index (κ2) is 9.78. The van der Waals surface area contributed by atoms with Crippen molar-refractivity contribution in [3.63, 3.8) is 0 Å². The van der Waals surface area contributed by atoms with E-state index in [2.05, 4.69) is 5.32 Å². The van der Waals surface area contributed by atoms with Crippen LogP contribution < -0.4 is 10.1 Å². The summed E-state index contributed by atoms with van der Waals surface area (Å²) in [5.41, 5.74) is 0.227. The largest absolute Gasteiger partial charge is 0.497 e. The summed E-state index contributed by atoms with van der Waals surface area (Å²) in [6.07, 6.45) is -1.58. The Hall–Kier alpha value is -2.54. The number of alkyl halides is 1. The Labute approximate surface area is 168 Å². The third kappa shape index (κ3) is 5.29. The molecule has 3 rings (SSSR count). The number of methoxy groups -OCH3 is 1. The molecule has 0 aromatic heterocycles. The summed E-state index contributed by atoms with van der Waals surface area (Å²) in [6.45, 7) is 1.12. The molecule has 2 aromatic carbocycles. The van der Waals surface area contributed by atoms with E-state index in [1.165, 1.54) is 7.11 Å². The standard InChI is InChI=1S/C22H24F3NO3/c1-28-16-10-19(24)21(20(25)11-16)18(23)9-15-12-26-8-7-17(15)22(27)29-13-14-5-3-2-4-6-14/h2-6,10-11,15,17-18,26H,7-9,12-13H2,1H3/t15?,17?,18-/m0/s1. The predicted octanol–water partition coefficient (Wildman–Crippen LogP) is 4.34. The van der Waals surface area contributed by atoms with Crippen molar-refractivity contribution in [3.8, 4) is 5.75 Å². The van der Waals surface area contributed by atoms with E-state index in [0.717, 1.165) is 17.7 Å². The second-order valence-corrected chi connectivity index (χ2v) is 7.16. The number of piperidine rings is 1. The average molecular weight is 407 g/mol. The van der Waals surface area contributed by atoms with Crippen LogP contribution in [0.25, 0.3) is 0 Å². The maximum atomic E-state index is 14.9. The molecule has 1 N–H and O–H groups in total. The van der Waals surface area contributed by atoms with Crippen LogP contribution in [0.15, 0.2) is 42.5 Å². The minimum Gasteiger partial charge on any atom is -0.497 e. The SMILES string of the molecule is COc1cc(F)c([C@@H](F)CC2CNCCC2C(=O)OCc2ccccc2)c(F)c1. The average Bonchev–Trinajstić information content (AvgIpc) is 2.72. The van der Waals surface area contributed by atoms with Crippen LogP contribution in [0.3, 0.4) is 0 Å². The van der Waals surface area contributed by atoms with Crippen LogP contribution in [0.1, 0.15) is 30.1 Å². The van der Waals surface area contributed by atoms with E-state index in [-0.39, 0.29) is 18.8 Å². The van der Waals surface area contributed by atoms with Crippen molar-refractivity contribution >= 4 is 5.97 Å². The Kier molecular flexibility index (Phi) is 7.14. The molecule has 7 heteroatoms. The predicted molar refractivity (Wildman–Crippen MR) is 102 cm³/mol. The summed E-state index contributed by atoms with van der Waals surface area (Å²) in [5, 5.41) is 3.12. The lowest BCUT2D eigenvalue weighted by Crippen LogP contribution is -2.41. The number of ether oxygens (including phenoxy) is 2. The summed E-state index contributed by atoms with van der Waals surface area (Å²) >= 11 is 0. The van der Waals surface area contributed by atoms with Gasteiger partial charge in [-0.3, -0.25) is 4.79 Å². The zero-order valence-corrected chi connectivity index (χ0v) is 16.2. The molecule has 1 heterocycles. The minimum absolute atomic E-state index is 0.0161. The first kappa shape index (κ1) is 21.2. The minimum atomic E-state index is -1.88. The third-order valence-electron chi connectivity index (χ3n) is 5.25. The Morgan fingerprint density at radius 3 is 2.55 bits per heavy atom. The number of halogens is 3. The maximum absolute atomic E-state index is 14.9. The van der Waals surface area contributed by atoms with E-state index >= 15 is 0 Å². The van der Waals surface area contributed by atoms with Gasteiger partial charge in [0.25, 0.3) is 0 Å². The first-order valence-corrected chi connectivity index (χ1v) is 9.58. The van der Waals surface area contributed by atoms with Gasteiger partial charge in [0.15, 0.2) is 0 Å². The molecular weight excluding hydrogens is 383 g/mol. The summed E-state index contributed by atoms with van der Waals surface area (Å²) in [4.78, 5) is 12.6. The van der Waals surface area contributed by atoms with Gasteiger partial charge in [-0.25, -0.2) is 13.2 Å². The van der Waals surface area contributed by atoms with E-state index in [9.17, 15) is 18.0 Å².